The summed E-state index contributed by atoms with van der Waals surface area (Å²) in [5.74, 6) is 0.355. The summed E-state index contributed by atoms with van der Waals surface area (Å²) in [7, 11) is 0. The molecule has 74 valence electrons. The van der Waals surface area contributed by atoms with Gasteiger partial charge in [-0.05, 0) is 43.9 Å². The van der Waals surface area contributed by atoms with Crippen LogP contribution in [-0.2, 0) is 9.53 Å². The lowest BCUT2D eigenvalue weighted by atomic mass is 9.67. The largest absolute Gasteiger partial charge is 0.381 e. The van der Waals surface area contributed by atoms with Crippen LogP contribution in [0.1, 0.15) is 38.5 Å². The van der Waals surface area contributed by atoms with E-state index in [2.05, 4.69) is 0 Å². The lowest BCUT2D eigenvalue weighted by Crippen LogP contribution is -2.33. The van der Waals surface area contributed by atoms with Crippen LogP contribution in [0.5, 0.6) is 0 Å². The van der Waals surface area contributed by atoms with Crippen molar-refractivity contribution in [3.05, 3.63) is 0 Å². The van der Waals surface area contributed by atoms with Gasteiger partial charge in [0.25, 0.3) is 0 Å². The number of rotatable bonds is 1. The molecule has 0 amide bonds. The molecule has 0 unspecified atom stereocenters. The third kappa shape index (κ3) is 1.93. The van der Waals surface area contributed by atoms with Gasteiger partial charge < -0.3 is 9.53 Å². The van der Waals surface area contributed by atoms with Crippen molar-refractivity contribution in [2.75, 3.05) is 13.2 Å². The van der Waals surface area contributed by atoms with Crippen molar-refractivity contribution in [2.24, 2.45) is 11.3 Å². The molecular formula is C11H18O2. The first-order valence-electron chi connectivity index (χ1n) is 5.38. The summed E-state index contributed by atoms with van der Waals surface area (Å²) in [6.45, 7) is 1.87. The lowest BCUT2D eigenvalue weighted by molar-refractivity contribution is -0.113. The Morgan fingerprint density at radius 1 is 1.08 bits per heavy atom. The third-order valence-electron chi connectivity index (χ3n) is 3.84. The van der Waals surface area contributed by atoms with E-state index in [0.717, 1.165) is 32.3 Å². The molecule has 1 spiro atoms. The highest BCUT2D eigenvalue weighted by atomic mass is 16.5. The summed E-state index contributed by atoms with van der Waals surface area (Å²) in [5, 5.41) is 0. The summed E-state index contributed by atoms with van der Waals surface area (Å²) < 4.78 is 5.38. The van der Waals surface area contributed by atoms with Crippen LogP contribution in [0.3, 0.4) is 0 Å². The first-order chi connectivity index (χ1) is 6.35. The van der Waals surface area contributed by atoms with Gasteiger partial charge in [-0.1, -0.05) is 0 Å². The molecule has 1 aliphatic carbocycles. The molecule has 0 bridgehead atoms. The Morgan fingerprint density at radius 3 is 2.23 bits per heavy atom. The van der Waals surface area contributed by atoms with Crippen LogP contribution in [0.15, 0.2) is 0 Å². The monoisotopic (exact) mass is 182 g/mol. The van der Waals surface area contributed by atoms with Gasteiger partial charge in [0.2, 0.25) is 0 Å². The van der Waals surface area contributed by atoms with E-state index in [1.54, 1.807) is 0 Å². The van der Waals surface area contributed by atoms with E-state index >= 15 is 0 Å². The average Bonchev–Trinajstić information content (AvgIpc) is 2.20. The molecule has 0 aromatic carbocycles. The number of hydrogen-bond acceptors (Lipinski definition) is 2. The average molecular weight is 182 g/mol. The zero-order chi connectivity index (χ0) is 9.15. The second-order valence-corrected chi connectivity index (χ2v) is 4.59. The standard InChI is InChI=1S/C11H18O2/c12-9-10-1-3-11(4-2-10)5-7-13-8-6-11/h9-10H,1-8H2. The minimum atomic E-state index is 0.355. The number of carbonyl (C=O) groups is 1. The molecule has 0 aromatic heterocycles. The van der Waals surface area contributed by atoms with Gasteiger partial charge in [0.05, 0.1) is 0 Å². The molecular weight excluding hydrogens is 164 g/mol. The highest BCUT2D eigenvalue weighted by Gasteiger charge is 2.36. The predicted molar refractivity (Wildman–Crippen MR) is 50.5 cm³/mol. The van der Waals surface area contributed by atoms with Gasteiger partial charge in [-0.25, -0.2) is 0 Å². The normalized spacial score (nSPS) is 28.9. The Kier molecular flexibility index (Phi) is 2.68. The molecule has 0 atom stereocenters. The van der Waals surface area contributed by atoms with Crippen LogP contribution in [0.2, 0.25) is 0 Å². The van der Waals surface area contributed by atoms with Gasteiger partial charge in [0, 0.05) is 19.1 Å². The molecule has 2 nitrogen and oxygen atoms in total. The highest BCUT2D eigenvalue weighted by molar-refractivity contribution is 5.53. The van der Waals surface area contributed by atoms with Gasteiger partial charge in [0.15, 0.2) is 0 Å². The summed E-state index contributed by atoms with van der Waals surface area (Å²) >= 11 is 0. The number of ether oxygens (including phenoxy) is 1. The van der Waals surface area contributed by atoms with E-state index in [9.17, 15) is 4.79 Å². The smallest absolute Gasteiger partial charge is 0.123 e. The van der Waals surface area contributed by atoms with Crippen LogP contribution in [0.25, 0.3) is 0 Å². The fraction of sp³-hybridized carbons (Fsp3) is 0.909. The molecule has 0 aromatic rings. The molecule has 1 saturated carbocycles. The first kappa shape index (κ1) is 9.20. The minimum Gasteiger partial charge on any atom is -0.381 e. The summed E-state index contributed by atoms with van der Waals surface area (Å²) in [5.41, 5.74) is 0.553. The maximum Gasteiger partial charge on any atom is 0.123 e. The van der Waals surface area contributed by atoms with E-state index in [1.807, 2.05) is 0 Å². The zero-order valence-electron chi connectivity index (χ0n) is 8.13. The molecule has 0 N–H and O–H groups in total. The maximum atomic E-state index is 10.6. The minimum absolute atomic E-state index is 0.355. The molecule has 2 aliphatic rings. The molecule has 2 heteroatoms. The van der Waals surface area contributed by atoms with Crippen LogP contribution >= 0.6 is 0 Å². The third-order valence-corrected chi connectivity index (χ3v) is 3.84. The first-order valence-corrected chi connectivity index (χ1v) is 5.38. The highest BCUT2D eigenvalue weighted by Crippen LogP contribution is 2.45. The van der Waals surface area contributed by atoms with E-state index in [0.29, 0.717) is 11.3 Å². The van der Waals surface area contributed by atoms with Gasteiger partial charge >= 0.3 is 0 Å². The second-order valence-electron chi connectivity index (χ2n) is 4.59. The molecule has 2 fully saturated rings. The molecule has 1 heterocycles. The summed E-state index contributed by atoms with van der Waals surface area (Å²) in [4.78, 5) is 10.6. The SMILES string of the molecule is O=CC1CCC2(CCOCC2)CC1. The van der Waals surface area contributed by atoms with Crippen LogP contribution in [0.4, 0.5) is 0 Å². The van der Waals surface area contributed by atoms with Crippen molar-refractivity contribution in [2.45, 2.75) is 38.5 Å². The molecule has 13 heavy (non-hydrogen) atoms. The van der Waals surface area contributed by atoms with Gasteiger partial charge in [-0.3, -0.25) is 0 Å². The summed E-state index contributed by atoms with van der Waals surface area (Å²) in [6, 6.07) is 0. The lowest BCUT2D eigenvalue weighted by Gasteiger charge is -2.41. The number of aldehydes is 1. The van der Waals surface area contributed by atoms with Crippen LogP contribution in [0, 0.1) is 11.3 Å². The topological polar surface area (TPSA) is 26.3 Å². The Labute approximate surface area is 79.7 Å². The Hall–Kier alpha value is -0.370. The number of hydrogen-bond donors (Lipinski definition) is 0. The van der Waals surface area contributed by atoms with Gasteiger partial charge in [-0.2, -0.15) is 0 Å². The van der Waals surface area contributed by atoms with Crippen molar-refractivity contribution in [3.63, 3.8) is 0 Å². The number of carbonyl (C=O) groups excluding carboxylic acids is 1. The van der Waals surface area contributed by atoms with E-state index in [1.165, 1.54) is 25.7 Å². The van der Waals surface area contributed by atoms with Gasteiger partial charge in [-0.15, -0.1) is 0 Å². The summed E-state index contributed by atoms with van der Waals surface area (Å²) in [6.07, 6.45) is 8.32. The van der Waals surface area contributed by atoms with Crippen LogP contribution < -0.4 is 0 Å². The Bertz CT molecular complexity index is 173. The second kappa shape index (κ2) is 3.79. The molecule has 1 aliphatic heterocycles. The van der Waals surface area contributed by atoms with Crippen molar-refractivity contribution in [1.29, 1.82) is 0 Å². The van der Waals surface area contributed by atoms with Crippen molar-refractivity contribution >= 4 is 6.29 Å². The zero-order valence-corrected chi connectivity index (χ0v) is 8.13. The van der Waals surface area contributed by atoms with Crippen molar-refractivity contribution in [3.8, 4) is 0 Å². The van der Waals surface area contributed by atoms with E-state index < -0.39 is 0 Å². The van der Waals surface area contributed by atoms with Crippen LogP contribution in [-0.4, -0.2) is 19.5 Å². The van der Waals surface area contributed by atoms with Crippen molar-refractivity contribution < 1.29 is 9.53 Å². The predicted octanol–water partition coefficient (Wildman–Crippen LogP) is 2.17. The molecule has 1 saturated heterocycles. The van der Waals surface area contributed by atoms with E-state index in [-0.39, 0.29) is 0 Å². The molecule has 0 radical (unpaired) electrons. The quantitative estimate of drug-likeness (QED) is 0.581. The van der Waals surface area contributed by atoms with E-state index in [4.69, 9.17) is 4.74 Å². The fourth-order valence-electron chi connectivity index (χ4n) is 2.69. The Balaban J connectivity index is 1.91. The van der Waals surface area contributed by atoms with Gasteiger partial charge in [0.1, 0.15) is 6.29 Å². The fourth-order valence-corrected chi connectivity index (χ4v) is 2.69. The van der Waals surface area contributed by atoms with Crippen molar-refractivity contribution in [1.82, 2.24) is 0 Å². The Morgan fingerprint density at radius 2 is 1.69 bits per heavy atom. The molecule has 2 rings (SSSR count). The maximum absolute atomic E-state index is 10.6.